The largest absolute Gasteiger partial charge is 0.122 e. The fourth-order valence-electron chi connectivity index (χ4n) is 0. The Labute approximate surface area is 48.4 Å². The summed E-state index contributed by atoms with van der Waals surface area (Å²) in [7, 11) is 0. The monoisotopic (exact) mass is 126 g/mol. The predicted octanol–water partition coefficient (Wildman–Crippen LogP) is 2.24. The molecule has 0 nitrogen and oxygen atoms in total. The molecule has 0 bridgehead atoms. The highest BCUT2D eigenvalue weighted by molar-refractivity contribution is 6.29. The first-order valence-electron chi connectivity index (χ1n) is 1.92. The summed E-state index contributed by atoms with van der Waals surface area (Å²) in [6.07, 6.45) is 0. The van der Waals surface area contributed by atoms with Crippen LogP contribution in [0.1, 0.15) is 13.8 Å². The van der Waals surface area contributed by atoms with Gasteiger partial charge in [0.1, 0.15) is 0 Å². The maximum absolute atomic E-state index is 5.48. The van der Waals surface area contributed by atoms with Crippen molar-refractivity contribution in [2.45, 2.75) is 24.6 Å². The molecule has 0 unspecified atom stereocenters. The minimum Gasteiger partial charge on any atom is -0.122 e. The van der Waals surface area contributed by atoms with E-state index in [1.165, 1.54) is 0 Å². The highest BCUT2D eigenvalue weighted by atomic mass is 35.5. The van der Waals surface area contributed by atoms with Crippen molar-refractivity contribution in [2.24, 2.45) is 0 Å². The number of hydrogen-bond donors (Lipinski definition) is 0. The first-order valence-corrected chi connectivity index (χ1v) is 2.80. The highest BCUT2D eigenvalue weighted by Crippen LogP contribution is 2.06. The van der Waals surface area contributed by atoms with E-state index in [9.17, 15) is 0 Å². The van der Waals surface area contributed by atoms with Crippen molar-refractivity contribution in [1.82, 2.24) is 0 Å². The third kappa shape index (κ3) is 2.80. The van der Waals surface area contributed by atoms with Crippen molar-refractivity contribution in [1.29, 1.82) is 0 Å². The lowest BCUT2D eigenvalue weighted by atomic mass is 10.4. The summed E-state index contributed by atoms with van der Waals surface area (Å²) in [6.45, 7) is 3.75. The second-order valence-electron chi connectivity index (χ2n) is 1.36. The van der Waals surface area contributed by atoms with Crippen LogP contribution in [0.5, 0.6) is 0 Å². The van der Waals surface area contributed by atoms with Crippen molar-refractivity contribution in [3.63, 3.8) is 0 Å². The van der Waals surface area contributed by atoms with Gasteiger partial charge < -0.3 is 0 Å². The standard InChI is InChI=1S/C4H8Cl2/c1-3(5)4(2)6/h3-4H,1-2H3/t3-,4-/m0/s1. The van der Waals surface area contributed by atoms with Crippen LogP contribution in [-0.2, 0) is 0 Å². The molecule has 0 aromatic rings. The minimum absolute atomic E-state index is 0.0895. The van der Waals surface area contributed by atoms with E-state index >= 15 is 0 Å². The molecule has 0 aliphatic carbocycles. The summed E-state index contributed by atoms with van der Waals surface area (Å²) >= 11 is 11.0. The molecule has 0 aromatic carbocycles. The Bertz CT molecular complexity index is 26.5. The number of alkyl halides is 2. The molecule has 0 radical (unpaired) electrons. The summed E-state index contributed by atoms with van der Waals surface area (Å²) in [4.78, 5) is 0. The molecule has 38 valence electrons. The van der Waals surface area contributed by atoms with Gasteiger partial charge in [0, 0.05) is 10.8 Å². The van der Waals surface area contributed by atoms with Gasteiger partial charge in [-0.2, -0.15) is 0 Å². The molecular weight excluding hydrogens is 119 g/mol. The zero-order valence-corrected chi connectivity index (χ0v) is 5.42. The van der Waals surface area contributed by atoms with Gasteiger partial charge in [-0.3, -0.25) is 0 Å². The molecular formula is C4H8Cl2. The minimum atomic E-state index is 0.0895. The van der Waals surface area contributed by atoms with Crippen LogP contribution in [0.3, 0.4) is 0 Å². The zero-order chi connectivity index (χ0) is 5.15. The van der Waals surface area contributed by atoms with Crippen molar-refractivity contribution in [2.75, 3.05) is 0 Å². The third-order valence-corrected chi connectivity index (χ3v) is 1.52. The molecule has 0 fully saturated rings. The van der Waals surface area contributed by atoms with Crippen LogP contribution < -0.4 is 0 Å². The second-order valence-corrected chi connectivity index (χ2v) is 2.73. The van der Waals surface area contributed by atoms with Crippen LogP contribution in [0.2, 0.25) is 0 Å². The van der Waals surface area contributed by atoms with E-state index in [4.69, 9.17) is 23.2 Å². The van der Waals surface area contributed by atoms with E-state index in [0.717, 1.165) is 0 Å². The summed E-state index contributed by atoms with van der Waals surface area (Å²) in [6, 6.07) is 0. The Kier molecular flexibility index (Phi) is 2.96. The van der Waals surface area contributed by atoms with E-state index < -0.39 is 0 Å². The molecule has 0 aliphatic heterocycles. The zero-order valence-electron chi connectivity index (χ0n) is 3.91. The van der Waals surface area contributed by atoms with Gasteiger partial charge >= 0.3 is 0 Å². The Morgan fingerprint density at radius 2 is 1.17 bits per heavy atom. The number of rotatable bonds is 1. The van der Waals surface area contributed by atoms with Gasteiger partial charge in [-0.25, -0.2) is 0 Å². The van der Waals surface area contributed by atoms with Crippen molar-refractivity contribution < 1.29 is 0 Å². The van der Waals surface area contributed by atoms with Gasteiger partial charge in [-0.05, 0) is 13.8 Å². The van der Waals surface area contributed by atoms with E-state index in [-0.39, 0.29) is 10.8 Å². The maximum atomic E-state index is 5.48. The van der Waals surface area contributed by atoms with Crippen molar-refractivity contribution in [3.8, 4) is 0 Å². The van der Waals surface area contributed by atoms with Crippen molar-refractivity contribution >= 4 is 23.2 Å². The van der Waals surface area contributed by atoms with Gasteiger partial charge in [-0.1, -0.05) is 0 Å². The second kappa shape index (κ2) is 2.70. The summed E-state index contributed by atoms with van der Waals surface area (Å²) in [5.41, 5.74) is 0. The Morgan fingerprint density at radius 1 is 1.00 bits per heavy atom. The fraction of sp³-hybridized carbons (Fsp3) is 1.00. The van der Waals surface area contributed by atoms with Crippen molar-refractivity contribution in [3.05, 3.63) is 0 Å². The van der Waals surface area contributed by atoms with Crippen LogP contribution in [0.15, 0.2) is 0 Å². The molecule has 0 spiro atoms. The average Bonchev–Trinajstić information content (AvgIpc) is 1.36. The summed E-state index contributed by atoms with van der Waals surface area (Å²) in [5.74, 6) is 0. The molecule has 2 heteroatoms. The molecule has 0 saturated carbocycles. The van der Waals surface area contributed by atoms with E-state index in [1.54, 1.807) is 0 Å². The van der Waals surface area contributed by atoms with Crippen LogP contribution in [-0.4, -0.2) is 10.8 Å². The molecule has 0 N–H and O–H groups in total. The Hall–Kier alpha value is 0.580. The predicted molar refractivity (Wildman–Crippen MR) is 30.6 cm³/mol. The normalized spacial score (nSPS) is 20.0. The summed E-state index contributed by atoms with van der Waals surface area (Å²) in [5, 5.41) is 0.179. The molecule has 0 saturated heterocycles. The Balaban J connectivity index is 2.99. The third-order valence-electron chi connectivity index (χ3n) is 0.633. The molecule has 0 aliphatic rings. The van der Waals surface area contributed by atoms with E-state index in [1.807, 2.05) is 13.8 Å². The Morgan fingerprint density at radius 3 is 1.17 bits per heavy atom. The van der Waals surface area contributed by atoms with E-state index in [0.29, 0.717) is 0 Å². The SMILES string of the molecule is C[C@H](Cl)[C@H](C)Cl. The lowest BCUT2D eigenvalue weighted by Gasteiger charge is -2.00. The number of hydrogen-bond acceptors (Lipinski definition) is 0. The quantitative estimate of drug-likeness (QED) is 0.474. The smallest absolute Gasteiger partial charge is 0.0468 e. The van der Waals surface area contributed by atoms with Gasteiger partial charge in [0.15, 0.2) is 0 Å². The van der Waals surface area contributed by atoms with E-state index in [2.05, 4.69) is 0 Å². The van der Waals surface area contributed by atoms with Gasteiger partial charge in [0.05, 0.1) is 0 Å². The summed E-state index contributed by atoms with van der Waals surface area (Å²) < 4.78 is 0. The van der Waals surface area contributed by atoms with Gasteiger partial charge in [0.2, 0.25) is 0 Å². The van der Waals surface area contributed by atoms with Crippen LogP contribution >= 0.6 is 23.2 Å². The van der Waals surface area contributed by atoms with Crippen LogP contribution in [0, 0.1) is 0 Å². The van der Waals surface area contributed by atoms with Gasteiger partial charge in [-0.15, -0.1) is 23.2 Å². The lowest BCUT2D eigenvalue weighted by Crippen LogP contribution is -2.03. The molecule has 0 heterocycles. The molecule has 0 rings (SSSR count). The van der Waals surface area contributed by atoms with Crippen LogP contribution in [0.4, 0.5) is 0 Å². The molecule has 2 atom stereocenters. The lowest BCUT2D eigenvalue weighted by molar-refractivity contribution is 0.905. The molecule has 0 aromatic heterocycles. The average molecular weight is 127 g/mol. The first kappa shape index (κ1) is 6.58. The molecule has 6 heavy (non-hydrogen) atoms. The topological polar surface area (TPSA) is 0 Å². The van der Waals surface area contributed by atoms with Crippen LogP contribution in [0.25, 0.3) is 0 Å². The first-order chi connectivity index (χ1) is 2.64. The maximum Gasteiger partial charge on any atom is 0.0468 e. The fourth-order valence-corrected chi connectivity index (χ4v) is 0. The van der Waals surface area contributed by atoms with Gasteiger partial charge in [0.25, 0.3) is 0 Å². The molecule has 0 amide bonds. The highest BCUT2D eigenvalue weighted by Gasteiger charge is 2.01. The number of halogens is 2.